The van der Waals surface area contributed by atoms with Gasteiger partial charge in [-0.05, 0) is 30.7 Å². The van der Waals surface area contributed by atoms with Gasteiger partial charge in [0.15, 0.2) is 0 Å². The van der Waals surface area contributed by atoms with Gasteiger partial charge in [-0.3, -0.25) is 4.79 Å². The minimum Gasteiger partial charge on any atom is -0.465 e. The second kappa shape index (κ2) is 5.54. The van der Waals surface area contributed by atoms with Crippen LogP contribution in [0.5, 0.6) is 0 Å². The summed E-state index contributed by atoms with van der Waals surface area (Å²) in [7, 11) is 0. The van der Waals surface area contributed by atoms with Crippen LogP contribution in [0.25, 0.3) is 10.9 Å². The van der Waals surface area contributed by atoms with E-state index in [1.165, 1.54) is 0 Å². The molecule has 0 amide bonds. The SMILES string of the molecule is CCOC(=O)[C@H](N)Cc1c[nH]c2ccc(Br)cc12. The number of ether oxygens (including phenoxy) is 1. The first kappa shape index (κ1) is 13.1. The molecule has 2 rings (SSSR count). The molecule has 0 fully saturated rings. The van der Waals surface area contributed by atoms with Crippen molar-refractivity contribution in [1.29, 1.82) is 0 Å². The molecule has 0 spiro atoms. The highest BCUT2D eigenvalue weighted by Gasteiger charge is 2.17. The molecule has 1 atom stereocenters. The normalized spacial score (nSPS) is 12.6. The van der Waals surface area contributed by atoms with Crippen molar-refractivity contribution in [2.75, 3.05) is 6.61 Å². The molecule has 0 radical (unpaired) electrons. The van der Waals surface area contributed by atoms with Crippen molar-refractivity contribution in [3.05, 3.63) is 34.4 Å². The fourth-order valence-electron chi connectivity index (χ4n) is 1.89. The number of rotatable bonds is 4. The number of nitrogens with one attached hydrogen (secondary N) is 1. The van der Waals surface area contributed by atoms with Gasteiger partial charge in [-0.25, -0.2) is 0 Å². The minimum absolute atomic E-state index is 0.353. The maximum absolute atomic E-state index is 11.5. The summed E-state index contributed by atoms with van der Waals surface area (Å²) >= 11 is 3.43. The van der Waals surface area contributed by atoms with Crippen LogP contribution in [0.1, 0.15) is 12.5 Å². The summed E-state index contributed by atoms with van der Waals surface area (Å²) in [6, 6.07) is 5.34. The Balaban J connectivity index is 2.21. The van der Waals surface area contributed by atoms with Crippen LogP contribution in [0.3, 0.4) is 0 Å². The van der Waals surface area contributed by atoms with Crippen LogP contribution >= 0.6 is 15.9 Å². The van der Waals surface area contributed by atoms with Gasteiger partial charge < -0.3 is 15.5 Å². The van der Waals surface area contributed by atoms with Gasteiger partial charge in [0.1, 0.15) is 6.04 Å². The third-order valence-electron chi connectivity index (χ3n) is 2.76. The molecule has 0 saturated heterocycles. The average molecular weight is 311 g/mol. The van der Waals surface area contributed by atoms with Gasteiger partial charge in [0.05, 0.1) is 6.61 Å². The Morgan fingerprint density at radius 3 is 3.06 bits per heavy atom. The summed E-state index contributed by atoms with van der Waals surface area (Å²) in [6.45, 7) is 2.12. The average Bonchev–Trinajstić information content (AvgIpc) is 2.72. The molecule has 0 bridgehead atoms. The van der Waals surface area contributed by atoms with Gasteiger partial charge >= 0.3 is 5.97 Å². The van der Waals surface area contributed by atoms with Gasteiger partial charge in [0, 0.05) is 28.0 Å². The molecule has 4 nitrogen and oxygen atoms in total. The van der Waals surface area contributed by atoms with Crippen LogP contribution in [0.15, 0.2) is 28.9 Å². The molecule has 5 heteroatoms. The van der Waals surface area contributed by atoms with E-state index >= 15 is 0 Å². The van der Waals surface area contributed by atoms with E-state index in [9.17, 15) is 4.79 Å². The van der Waals surface area contributed by atoms with Gasteiger partial charge in [0.2, 0.25) is 0 Å². The highest BCUT2D eigenvalue weighted by molar-refractivity contribution is 9.10. The quantitative estimate of drug-likeness (QED) is 0.852. The lowest BCUT2D eigenvalue weighted by molar-refractivity contribution is -0.144. The second-order valence-electron chi connectivity index (χ2n) is 4.07. The Morgan fingerprint density at radius 1 is 1.56 bits per heavy atom. The van der Waals surface area contributed by atoms with Crippen molar-refractivity contribution < 1.29 is 9.53 Å². The minimum atomic E-state index is -0.622. The zero-order valence-corrected chi connectivity index (χ0v) is 11.7. The van der Waals surface area contributed by atoms with E-state index in [2.05, 4.69) is 20.9 Å². The van der Waals surface area contributed by atoms with E-state index < -0.39 is 6.04 Å². The molecule has 3 N–H and O–H groups in total. The molecule has 18 heavy (non-hydrogen) atoms. The van der Waals surface area contributed by atoms with Crippen molar-refractivity contribution in [3.63, 3.8) is 0 Å². The van der Waals surface area contributed by atoms with Gasteiger partial charge in [0.25, 0.3) is 0 Å². The molecular weight excluding hydrogens is 296 g/mol. The number of benzene rings is 1. The van der Waals surface area contributed by atoms with Crippen LogP contribution in [0.4, 0.5) is 0 Å². The molecule has 0 aliphatic heterocycles. The second-order valence-corrected chi connectivity index (χ2v) is 4.98. The molecule has 0 saturated carbocycles. The maximum Gasteiger partial charge on any atom is 0.323 e. The molecule has 0 aliphatic rings. The van der Waals surface area contributed by atoms with Crippen molar-refractivity contribution in [1.82, 2.24) is 4.98 Å². The molecule has 1 aromatic heterocycles. The maximum atomic E-state index is 11.5. The van der Waals surface area contributed by atoms with Crippen LogP contribution in [-0.4, -0.2) is 23.6 Å². The third kappa shape index (κ3) is 2.73. The van der Waals surface area contributed by atoms with Crippen molar-refractivity contribution in [2.45, 2.75) is 19.4 Å². The lowest BCUT2D eigenvalue weighted by Gasteiger charge is -2.09. The molecule has 2 aromatic rings. The summed E-state index contributed by atoms with van der Waals surface area (Å²) < 4.78 is 5.91. The topological polar surface area (TPSA) is 68.1 Å². The number of fused-ring (bicyclic) bond motifs is 1. The Bertz CT molecular complexity index is 565. The first-order chi connectivity index (χ1) is 8.61. The lowest BCUT2D eigenvalue weighted by Crippen LogP contribution is -2.34. The van der Waals surface area contributed by atoms with Crippen molar-refractivity contribution >= 4 is 32.8 Å². The van der Waals surface area contributed by atoms with E-state index in [0.717, 1.165) is 20.9 Å². The molecule has 1 heterocycles. The summed E-state index contributed by atoms with van der Waals surface area (Å²) in [5, 5.41) is 1.07. The number of halogens is 1. The number of aromatic nitrogens is 1. The fraction of sp³-hybridized carbons (Fsp3) is 0.308. The zero-order chi connectivity index (χ0) is 13.1. The predicted molar refractivity (Wildman–Crippen MR) is 74.3 cm³/mol. The van der Waals surface area contributed by atoms with Crippen LogP contribution < -0.4 is 5.73 Å². The van der Waals surface area contributed by atoms with Gasteiger partial charge in [-0.1, -0.05) is 15.9 Å². The Kier molecular flexibility index (Phi) is 4.04. The monoisotopic (exact) mass is 310 g/mol. The molecule has 0 aliphatic carbocycles. The standard InChI is InChI=1S/C13H15BrN2O2/c1-2-18-13(17)11(15)5-8-7-16-12-4-3-9(14)6-10(8)12/h3-4,6-7,11,16H,2,5,15H2,1H3/t11-/m1/s1. The lowest BCUT2D eigenvalue weighted by atomic mass is 10.1. The van der Waals surface area contributed by atoms with Gasteiger partial charge in [-0.2, -0.15) is 0 Å². The Morgan fingerprint density at radius 2 is 2.33 bits per heavy atom. The predicted octanol–water partition coefficient (Wildman–Crippen LogP) is 2.36. The molecule has 96 valence electrons. The van der Waals surface area contributed by atoms with E-state index in [0.29, 0.717) is 13.0 Å². The smallest absolute Gasteiger partial charge is 0.323 e. The van der Waals surface area contributed by atoms with E-state index in [1.54, 1.807) is 6.92 Å². The Hall–Kier alpha value is -1.33. The number of esters is 1. The third-order valence-corrected chi connectivity index (χ3v) is 3.25. The largest absolute Gasteiger partial charge is 0.465 e. The number of nitrogens with two attached hydrogens (primary N) is 1. The first-order valence-electron chi connectivity index (χ1n) is 5.79. The summed E-state index contributed by atoms with van der Waals surface area (Å²) in [5.74, 6) is -0.359. The zero-order valence-electron chi connectivity index (χ0n) is 10.1. The van der Waals surface area contributed by atoms with Crippen molar-refractivity contribution in [3.8, 4) is 0 Å². The Labute approximate surface area is 114 Å². The number of carbonyl (C=O) groups is 1. The first-order valence-corrected chi connectivity index (χ1v) is 6.59. The van der Waals surface area contributed by atoms with Crippen molar-refractivity contribution in [2.24, 2.45) is 5.73 Å². The number of hydrogen-bond donors (Lipinski definition) is 2. The van der Waals surface area contributed by atoms with E-state index in [1.807, 2.05) is 24.4 Å². The van der Waals surface area contributed by atoms with Crippen LogP contribution in [0.2, 0.25) is 0 Å². The molecular formula is C13H15BrN2O2. The van der Waals surface area contributed by atoms with Crippen LogP contribution in [-0.2, 0) is 16.0 Å². The number of hydrogen-bond acceptors (Lipinski definition) is 3. The summed E-state index contributed by atoms with van der Waals surface area (Å²) in [6.07, 6.45) is 2.35. The molecule has 0 unspecified atom stereocenters. The summed E-state index contributed by atoms with van der Waals surface area (Å²) in [5.41, 5.74) is 7.88. The number of carbonyl (C=O) groups excluding carboxylic acids is 1. The fourth-order valence-corrected chi connectivity index (χ4v) is 2.25. The number of aromatic amines is 1. The van der Waals surface area contributed by atoms with E-state index in [-0.39, 0.29) is 5.97 Å². The van der Waals surface area contributed by atoms with Gasteiger partial charge in [-0.15, -0.1) is 0 Å². The molecule has 1 aromatic carbocycles. The number of H-pyrrole nitrogens is 1. The van der Waals surface area contributed by atoms with E-state index in [4.69, 9.17) is 10.5 Å². The summed E-state index contributed by atoms with van der Waals surface area (Å²) in [4.78, 5) is 14.7. The van der Waals surface area contributed by atoms with Crippen LogP contribution in [0, 0.1) is 0 Å². The highest BCUT2D eigenvalue weighted by Crippen LogP contribution is 2.23. The highest BCUT2D eigenvalue weighted by atomic mass is 79.9.